The largest absolute Gasteiger partial charge is 0.507 e. The lowest BCUT2D eigenvalue weighted by molar-refractivity contribution is -0.132. The third kappa shape index (κ3) is 3.08. The number of amides is 1. The van der Waals surface area contributed by atoms with Crippen LogP contribution in [0.2, 0.25) is 5.02 Å². The number of aromatic amines is 1. The molecule has 2 aromatic carbocycles. The quantitative estimate of drug-likeness (QED) is 0.277. The summed E-state index contributed by atoms with van der Waals surface area (Å²) in [6.07, 6.45) is 4.82. The van der Waals surface area contributed by atoms with Gasteiger partial charge in [0, 0.05) is 45.8 Å². The second-order valence-electron chi connectivity index (χ2n) is 7.18. The maximum Gasteiger partial charge on any atom is 0.300 e. The standard InChI is InChI=1S/C24H16ClN3O3/c25-15-6-3-7-16(11-15)28-21(14-5-4-10-26-12-14)20(23(30)24(28)31)22(29)18-13-27-19-9-2-1-8-17(18)19/h1-13,21,27,29H/b22-20-. The molecule has 0 saturated carbocycles. The monoisotopic (exact) mass is 429 g/mol. The van der Waals surface area contributed by atoms with Crippen molar-refractivity contribution in [1.29, 1.82) is 0 Å². The number of ketones is 1. The van der Waals surface area contributed by atoms with E-state index in [1.54, 1.807) is 55.0 Å². The van der Waals surface area contributed by atoms with Crippen molar-refractivity contribution in [2.45, 2.75) is 6.04 Å². The van der Waals surface area contributed by atoms with Gasteiger partial charge in [-0.05, 0) is 35.9 Å². The normalized spacial score (nSPS) is 18.1. The molecule has 3 heterocycles. The van der Waals surface area contributed by atoms with Gasteiger partial charge in [0.15, 0.2) is 0 Å². The van der Waals surface area contributed by atoms with Crippen molar-refractivity contribution in [3.05, 3.63) is 101 Å². The summed E-state index contributed by atoms with van der Waals surface area (Å²) in [5, 5.41) is 12.4. The van der Waals surface area contributed by atoms with Crippen LogP contribution < -0.4 is 4.90 Å². The van der Waals surface area contributed by atoms with E-state index in [0.717, 1.165) is 10.9 Å². The van der Waals surface area contributed by atoms with Crippen LogP contribution in [0.1, 0.15) is 17.2 Å². The molecule has 5 rings (SSSR count). The zero-order valence-corrected chi connectivity index (χ0v) is 16.9. The van der Waals surface area contributed by atoms with Crippen molar-refractivity contribution in [3.63, 3.8) is 0 Å². The molecule has 2 N–H and O–H groups in total. The van der Waals surface area contributed by atoms with Crippen molar-refractivity contribution < 1.29 is 14.7 Å². The highest BCUT2D eigenvalue weighted by Crippen LogP contribution is 2.43. The lowest BCUT2D eigenvalue weighted by Gasteiger charge is -2.25. The fourth-order valence-electron chi connectivity index (χ4n) is 3.99. The highest BCUT2D eigenvalue weighted by molar-refractivity contribution is 6.52. The molecular weight excluding hydrogens is 414 g/mol. The number of pyridine rings is 1. The fraction of sp³-hybridized carbons (Fsp3) is 0.0417. The van der Waals surface area contributed by atoms with Crippen LogP contribution in [0.4, 0.5) is 5.69 Å². The molecule has 4 aromatic rings. The molecule has 1 atom stereocenters. The second-order valence-corrected chi connectivity index (χ2v) is 7.62. The zero-order valence-electron chi connectivity index (χ0n) is 16.1. The highest BCUT2D eigenvalue weighted by atomic mass is 35.5. The van der Waals surface area contributed by atoms with Crippen LogP contribution in [-0.4, -0.2) is 26.8 Å². The number of hydrogen-bond donors (Lipinski definition) is 2. The molecule has 1 saturated heterocycles. The van der Waals surface area contributed by atoms with E-state index in [-0.39, 0.29) is 11.3 Å². The van der Waals surface area contributed by atoms with Gasteiger partial charge >= 0.3 is 0 Å². The van der Waals surface area contributed by atoms with E-state index in [9.17, 15) is 14.7 Å². The van der Waals surface area contributed by atoms with Crippen LogP contribution in [-0.2, 0) is 9.59 Å². The lowest BCUT2D eigenvalue weighted by Crippen LogP contribution is -2.29. The van der Waals surface area contributed by atoms with E-state index in [0.29, 0.717) is 21.8 Å². The Morgan fingerprint density at radius 1 is 1.06 bits per heavy atom. The number of para-hydroxylation sites is 1. The summed E-state index contributed by atoms with van der Waals surface area (Å²) in [7, 11) is 0. The molecule has 31 heavy (non-hydrogen) atoms. The molecule has 1 unspecified atom stereocenters. The Hall–Kier alpha value is -3.90. The predicted octanol–water partition coefficient (Wildman–Crippen LogP) is 4.84. The summed E-state index contributed by atoms with van der Waals surface area (Å²) in [6, 6.07) is 16.8. The van der Waals surface area contributed by atoms with Crippen molar-refractivity contribution >= 4 is 45.6 Å². The summed E-state index contributed by atoms with van der Waals surface area (Å²) in [6.45, 7) is 0. The zero-order chi connectivity index (χ0) is 21.5. The number of nitrogens with one attached hydrogen (secondary N) is 1. The first-order valence-corrected chi connectivity index (χ1v) is 9.97. The number of aliphatic hydroxyl groups excluding tert-OH is 1. The first-order chi connectivity index (χ1) is 15.1. The number of fused-ring (bicyclic) bond motifs is 1. The molecular formula is C24H16ClN3O3. The molecule has 2 aromatic heterocycles. The van der Waals surface area contributed by atoms with Gasteiger partial charge in [-0.25, -0.2) is 0 Å². The van der Waals surface area contributed by atoms with Gasteiger partial charge in [-0.15, -0.1) is 0 Å². The van der Waals surface area contributed by atoms with Gasteiger partial charge in [0.1, 0.15) is 5.76 Å². The van der Waals surface area contributed by atoms with Crippen LogP contribution in [0.3, 0.4) is 0 Å². The van der Waals surface area contributed by atoms with E-state index in [1.807, 2.05) is 24.3 Å². The Labute approximate surface area is 182 Å². The number of nitrogens with zero attached hydrogens (tertiary/aromatic N) is 2. The van der Waals surface area contributed by atoms with E-state index < -0.39 is 17.7 Å². The molecule has 152 valence electrons. The van der Waals surface area contributed by atoms with Gasteiger partial charge in [-0.3, -0.25) is 19.5 Å². The topological polar surface area (TPSA) is 86.3 Å². The third-order valence-corrected chi connectivity index (χ3v) is 5.61. The van der Waals surface area contributed by atoms with Crippen LogP contribution in [0.5, 0.6) is 0 Å². The Morgan fingerprint density at radius 2 is 1.90 bits per heavy atom. The number of hydrogen-bond acceptors (Lipinski definition) is 4. The Kier molecular flexibility index (Phi) is 4.56. The smallest absolute Gasteiger partial charge is 0.300 e. The Bertz CT molecular complexity index is 1360. The summed E-state index contributed by atoms with van der Waals surface area (Å²) < 4.78 is 0. The summed E-state index contributed by atoms with van der Waals surface area (Å²) in [5.74, 6) is -1.75. The first kappa shape index (κ1) is 19.1. The number of carbonyl (C=O) groups is 2. The number of aromatic nitrogens is 2. The molecule has 7 heteroatoms. The van der Waals surface area contributed by atoms with Gasteiger partial charge in [0.05, 0.1) is 11.6 Å². The van der Waals surface area contributed by atoms with Crippen LogP contribution in [0, 0.1) is 0 Å². The number of halogens is 1. The average Bonchev–Trinajstić information content (AvgIpc) is 3.33. The molecule has 0 radical (unpaired) electrons. The number of H-pyrrole nitrogens is 1. The summed E-state index contributed by atoms with van der Waals surface area (Å²) in [4.78, 5) is 34.9. The number of anilines is 1. The van der Waals surface area contributed by atoms with Gasteiger partial charge in [0.25, 0.3) is 11.7 Å². The summed E-state index contributed by atoms with van der Waals surface area (Å²) in [5.41, 5.74) is 2.33. The molecule has 0 bridgehead atoms. The van der Waals surface area contributed by atoms with E-state index in [1.165, 1.54) is 4.90 Å². The molecule has 1 aliphatic heterocycles. The van der Waals surface area contributed by atoms with Gasteiger partial charge in [-0.1, -0.05) is 41.9 Å². The Balaban J connectivity index is 1.76. The van der Waals surface area contributed by atoms with Crippen LogP contribution in [0.15, 0.2) is 84.8 Å². The van der Waals surface area contributed by atoms with Gasteiger partial charge in [-0.2, -0.15) is 0 Å². The predicted molar refractivity (Wildman–Crippen MR) is 119 cm³/mol. The third-order valence-electron chi connectivity index (χ3n) is 5.38. The summed E-state index contributed by atoms with van der Waals surface area (Å²) >= 11 is 6.15. The first-order valence-electron chi connectivity index (χ1n) is 9.59. The molecule has 1 fully saturated rings. The van der Waals surface area contributed by atoms with E-state index in [4.69, 9.17) is 11.6 Å². The van der Waals surface area contributed by atoms with Gasteiger partial charge < -0.3 is 10.1 Å². The Morgan fingerprint density at radius 3 is 2.68 bits per heavy atom. The fourth-order valence-corrected chi connectivity index (χ4v) is 4.17. The van der Waals surface area contributed by atoms with E-state index >= 15 is 0 Å². The van der Waals surface area contributed by atoms with Crippen molar-refractivity contribution in [1.82, 2.24) is 9.97 Å². The van der Waals surface area contributed by atoms with Crippen LogP contribution in [0.25, 0.3) is 16.7 Å². The van der Waals surface area contributed by atoms with Crippen LogP contribution >= 0.6 is 11.6 Å². The number of carbonyl (C=O) groups excluding carboxylic acids is 2. The number of rotatable bonds is 3. The second kappa shape index (κ2) is 7.41. The van der Waals surface area contributed by atoms with E-state index in [2.05, 4.69) is 9.97 Å². The molecule has 6 nitrogen and oxygen atoms in total. The van der Waals surface area contributed by atoms with Gasteiger partial charge in [0.2, 0.25) is 0 Å². The molecule has 0 aliphatic carbocycles. The molecule has 1 aliphatic rings. The minimum atomic E-state index is -0.846. The minimum absolute atomic E-state index is 0.00253. The molecule has 1 amide bonds. The highest BCUT2D eigenvalue weighted by Gasteiger charge is 2.47. The number of aliphatic hydroxyl groups is 1. The van der Waals surface area contributed by atoms with Crippen molar-refractivity contribution in [3.8, 4) is 0 Å². The van der Waals surface area contributed by atoms with Crippen molar-refractivity contribution in [2.75, 3.05) is 4.90 Å². The molecule has 0 spiro atoms. The van der Waals surface area contributed by atoms with Crippen molar-refractivity contribution in [2.24, 2.45) is 0 Å². The average molecular weight is 430 g/mol. The number of Topliss-reactive ketones (excluding diaryl/α,β-unsaturated/α-hetero) is 1. The lowest BCUT2D eigenvalue weighted by atomic mass is 9.96. The number of benzene rings is 2. The SMILES string of the molecule is O=C1C(=O)N(c2cccc(Cl)c2)C(c2cccnc2)/C1=C(/O)c1c[nH]c2ccccc12. The maximum absolute atomic E-state index is 13.2. The maximum atomic E-state index is 13.2. The minimum Gasteiger partial charge on any atom is -0.507 e.